The molecule has 1 aliphatic carbocycles. The summed E-state index contributed by atoms with van der Waals surface area (Å²) in [7, 11) is 3.06. The molecule has 1 aromatic rings. The molecule has 0 N–H and O–H groups in total. The molecule has 0 spiro atoms. The van der Waals surface area contributed by atoms with Gasteiger partial charge in [-0.25, -0.2) is 0 Å². The maximum atomic E-state index is 12.9. The molecular weight excluding hydrogens is 320 g/mol. The standard InChI is InChI=1S/C19H28N2O4/c1-23-17-9-8-16(18(20-17)24-2)19(22)21-10-11-25-15(13-21)12-14-6-4-3-5-7-14/h8-9,14-15H,3-7,10-13H2,1-2H3/t15-/m0/s1. The molecular formula is C19H28N2O4. The number of amides is 1. The van der Waals surface area contributed by atoms with Crippen molar-refractivity contribution in [3.63, 3.8) is 0 Å². The van der Waals surface area contributed by atoms with E-state index in [4.69, 9.17) is 14.2 Å². The lowest BCUT2D eigenvalue weighted by Crippen LogP contribution is -2.46. The van der Waals surface area contributed by atoms with Crippen LogP contribution in [0.4, 0.5) is 0 Å². The Labute approximate surface area is 149 Å². The van der Waals surface area contributed by atoms with Gasteiger partial charge in [-0.15, -0.1) is 0 Å². The summed E-state index contributed by atoms with van der Waals surface area (Å²) < 4.78 is 16.3. The summed E-state index contributed by atoms with van der Waals surface area (Å²) in [5.74, 6) is 1.43. The summed E-state index contributed by atoms with van der Waals surface area (Å²) >= 11 is 0. The zero-order valence-electron chi connectivity index (χ0n) is 15.2. The third-order valence-corrected chi connectivity index (χ3v) is 5.21. The second kappa shape index (κ2) is 8.52. The monoisotopic (exact) mass is 348 g/mol. The van der Waals surface area contributed by atoms with Gasteiger partial charge in [0, 0.05) is 19.2 Å². The molecule has 0 bridgehead atoms. The molecule has 1 atom stereocenters. The van der Waals surface area contributed by atoms with E-state index in [0.29, 0.717) is 37.0 Å². The van der Waals surface area contributed by atoms with Crippen LogP contribution < -0.4 is 9.47 Å². The van der Waals surface area contributed by atoms with Crippen LogP contribution in [0.5, 0.6) is 11.8 Å². The summed E-state index contributed by atoms with van der Waals surface area (Å²) in [6.45, 7) is 1.84. The Morgan fingerprint density at radius 1 is 1.24 bits per heavy atom. The minimum Gasteiger partial charge on any atom is -0.481 e. The van der Waals surface area contributed by atoms with Gasteiger partial charge >= 0.3 is 0 Å². The largest absolute Gasteiger partial charge is 0.481 e. The quantitative estimate of drug-likeness (QED) is 0.819. The van der Waals surface area contributed by atoms with Gasteiger partial charge in [-0.1, -0.05) is 32.1 Å². The van der Waals surface area contributed by atoms with Crippen molar-refractivity contribution in [2.75, 3.05) is 33.9 Å². The predicted molar refractivity (Wildman–Crippen MR) is 94.2 cm³/mol. The molecule has 2 fully saturated rings. The number of hydrogen-bond acceptors (Lipinski definition) is 5. The normalized spacial score (nSPS) is 21.8. The lowest BCUT2D eigenvalue weighted by molar-refractivity contribution is -0.0338. The van der Waals surface area contributed by atoms with Crippen molar-refractivity contribution >= 4 is 5.91 Å². The lowest BCUT2D eigenvalue weighted by atomic mass is 9.85. The Balaban J connectivity index is 1.65. The van der Waals surface area contributed by atoms with Crippen molar-refractivity contribution in [3.05, 3.63) is 17.7 Å². The molecule has 1 saturated heterocycles. The molecule has 1 aliphatic heterocycles. The zero-order chi connectivity index (χ0) is 17.6. The first-order valence-corrected chi connectivity index (χ1v) is 9.21. The van der Waals surface area contributed by atoms with Gasteiger partial charge in [0.15, 0.2) is 0 Å². The van der Waals surface area contributed by atoms with E-state index in [2.05, 4.69) is 4.98 Å². The highest BCUT2D eigenvalue weighted by molar-refractivity contribution is 5.96. The minimum atomic E-state index is -0.0519. The topological polar surface area (TPSA) is 60.9 Å². The molecule has 25 heavy (non-hydrogen) atoms. The molecule has 1 amide bonds. The second-order valence-electron chi connectivity index (χ2n) is 6.89. The van der Waals surface area contributed by atoms with Crippen LogP contribution in [0.3, 0.4) is 0 Å². The van der Waals surface area contributed by atoms with Crippen LogP contribution in [-0.4, -0.2) is 55.8 Å². The fourth-order valence-electron chi connectivity index (χ4n) is 3.87. The van der Waals surface area contributed by atoms with E-state index < -0.39 is 0 Å². The van der Waals surface area contributed by atoms with E-state index in [-0.39, 0.29) is 12.0 Å². The molecule has 2 heterocycles. The summed E-state index contributed by atoms with van der Waals surface area (Å²) in [5.41, 5.74) is 0.474. The van der Waals surface area contributed by atoms with Gasteiger partial charge < -0.3 is 19.1 Å². The average molecular weight is 348 g/mol. The molecule has 6 nitrogen and oxygen atoms in total. The highest BCUT2D eigenvalue weighted by Gasteiger charge is 2.29. The SMILES string of the molecule is COc1ccc(C(=O)N2CCO[C@@H](CC3CCCCC3)C2)c(OC)n1. The Bertz CT molecular complexity index is 587. The van der Waals surface area contributed by atoms with Crippen LogP contribution in [0.1, 0.15) is 48.9 Å². The van der Waals surface area contributed by atoms with Crippen molar-refractivity contribution in [2.45, 2.75) is 44.6 Å². The number of morpholine rings is 1. The molecule has 2 aliphatic rings. The highest BCUT2D eigenvalue weighted by atomic mass is 16.5. The van der Waals surface area contributed by atoms with Crippen LogP contribution in [0, 0.1) is 5.92 Å². The van der Waals surface area contributed by atoms with E-state index in [1.54, 1.807) is 19.2 Å². The minimum absolute atomic E-state index is 0.0519. The van der Waals surface area contributed by atoms with E-state index >= 15 is 0 Å². The number of carbonyl (C=O) groups is 1. The number of ether oxygens (including phenoxy) is 3. The van der Waals surface area contributed by atoms with Gasteiger partial charge in [0.2, 0.25) is 11.8 Å². The van der Waals surface area contributed by atoms with Crippen molar-refractivity contribution in [1.29, 1.82) is 0 Å². The van der Waals surface area contributed by atoms with Gasteiger partial charge in [0.1, 0.15) is 5.56 Å². The maximum Gasteiger partial charge on any atom is 0.259 e. The first kappa shape index (κ1) is 18.0. The van der Waals surface area contributed by atoms with Gasteiger partial charge in [-0.05, 0) is 18.4 Å². The summed E-state index contributed by atoms with van der Waals surface area (Å²) in [6, 6.07) is 3.41. The van der Waals surface area contributed by atoms with Gasteiger partial charge in [-0.2, -0.15) is 4.98 Å². The Morgan fingerprint density at radius 2 is 2.04 bits per heavy atom. The van der Waals surface area contributed by atoms with E-state index in [1.165, 1.54) is 39.2 Å². The number of carbonyl (C=O) groups excluding carboxylic acids is 1. The number of methoxy groups -OCH3 is 2. The van der Waals surface area contributed by atoms with E-state index in [9.17, 15) is 4.79 Å². The number of rotatable bonds is 5. The van der Waals surface area contributed by atoms with Gasteiger partial charge in [0.25, 0.3) is 5.91 Å². The number of hydrogen-bond donors (Lipinski definition) is 0. The van der Waals surface area contributed by atoms with Crippen molar-refractivity contribution in [3.8, 4) is 11.8 Å². The second-order valence-corrected chi connectivity index (χ2v) is 6.89. The molecule has 0 radical (unpaired) electrons. The van der Waals surface area contributed by atoms with Gasteiger partial charge in [0.05, 0.1) is 26.9 Å². The molecule has 1 saturated carbocycles. The zero-order valence-corrected chi connectivity index (χ0v) is 15.2. The van der Waals surface area contributed by atoms with Crippen molar-refractivity contribution in [2.24, 2.45) is 5.92 Å². The molecule has 1 aromatic heterocycles. The smallest absolute Gasteiger partial charge is 0.259 e. The van der Waals surface area contributed by atoms with Crippen LogP contribution in [0.15, 0.2) is 12.1 Å². The van der Waals surface area contributed by atoms with Crippen LogP contribution >= 0.6 is 0 Å². The first-order valence-electron chi connectivity index (χ1n) is 9.21. The number of pyridine rings is 1. The molecule has 0 unspecified atom stereocenters. The maximum absolute atomic E-state index is 12.9. The van der Waals surface area contributed by atoms with Crippen LogP contribution in [0.25, 0.3) is 0 Å². The van der Waals surface area contributed by atoms with Crippen molar-refractivity contribution in [1.82, 2.24) is 9.88 Å². The van der Waals surface area contributed by atoms with E-state index in [0.717, 1.165) is 12.3 Å². The number of aromatic nitrogens is 1. The van der Waals surface area contributed by atoms with Gasteiger partial charge in [-0.3, -0.25) is 4.79 Å². The predicted octanol–water partition coefficient (Wildman–Crippen LogP) is 2.91. The molecule has 3 rings (SSSR count). The summed E-state index contributed by atoms with van der Waals surface area (Å²) in [5, 5.41) is 0. The fraction of sp³-hybridized carbons (Fsp3) is 0.684. The Kier molecular flexibility index (Phi) is 6.13. The molecule has 6 heteroatoms. The molecule has 0 aromatic carbocycles. The summed E-state index contributed by atoms with van der Waals surface area (Å²) in [6.07, 6.45) is 7.80. The van der Waals surface area contributed by atoms with Crippen molar-refractivity contribution < 1.29 is 19.0 Å². The van der Waals surface area contributed by atoms with Crippen LogP contribution in [-0.2, 0) is 4.74 Å². The first-order chi connectivity index (χ1) is 12.2. The summed E-state index contributed by atoms with van der Waals surface area (Å²) in [4.78, 5) is 19.0. The number of nitrogens with zero attached hydrogens (tertiary/aromatic N) is 2. The third kappa shape index (κ3) is 4.42. The average Bonchev–Trinajstić information content (AvgIpc) is 2.68. The highest BCUT2D eigenvalue weighted by Crippen LogP contribution is 2.29. The third-order valence-electron chi connectivity index (χ3n) is 5.21. The lowest BCUT2D eigenvalue weighted by Gasteiger charge is -2.35. The Hall–Kier alpha value is -1.82. The van der Waals surface area contributed by atoms with Crippen LogP contribution in [0.2, 0.25) is 0 Å². The fourth-order valence-corrected chi connectivity index (χ4v) is 3.87. The Morgan fingerprint density at radius 3 is 2.76 bits per heavy atom. The molecule has 138 valence electrons. The van der Waals surface area contributed by atoms with E-state index in [1.807, 2.05) is 4.90 Å².